The smallest absolute Gasteiger partial charge is 0.274 e. The van der Waals surface area contributed by atoms with E-state index in [1.165, 1.54) is 11.3 Å². The Balaban J connectivity index is 2.16. The van der Waals surface area contributed by atoms with Gasteiger partial charge in [0.05, 0.1) is 15.9 Å². The van der Waals surface area contributed by atoms with Gasteiger partial charge in [-0.2, -0.15) is 4.98 Å². The van der Waals surface area contributed by atoms with Crippen LogP contribution in [0.15, 0.2) is 59.4 Å². The zero-order chi connectivity index (χ0) is 14.4. The van der Waals surface area contributed by atoms with Gasteiger partial charge in [0.25, 0.3) is 5.56 Å². The number of hydrogen-bond acceptors (Lipinski definition) is 3. The molecule has 0 saturated heterocycles. The van der Waals surface area contributed by atoms with Crippen molar-refractivity contribution in [1.82, 2.24) is 9.38 Å². The lowest BCUT2D eigenvalue weighted by molar-refractivity contribution is 1.15. The highest BCUT2D eigenvalue weighted by atomic mass is 35.5. The number of fused-ring (bicyclic) bond motifs is 3. The molecule has 102 valence electrons. The first-order valence-electron chi connectivity index (χ1n) is 6.40. The molecule has 3 nitrogen and oxygen atoms in total. The molecule has 0 amide bonds. The molecule has 0 aliphatic carbocycles. The highest BCUT2D eigenvalue weighted by molar-refractivity contribution is 7.23. The Labute approximate surface area is 129 Å². The van der Waals surface area contributed by atoms with Crippen molar-refractivity contribution in [2.75, 3.05) is 0 Å². The first-order chi connectivity index (χ1) is 10.2. The zero-order valence-electron chi connectivity index (χ0n) is 10.8. The Morgan fingerprint density at radius 1 is 1.05 bits per heavy atom. The van der Waals surface area contributed by atoms with Gasteiger partial charge >= 0.3 is 0 Å². The third-order valence-corrected chi connectivity index (χ3v) is 4.62. The van der Waals surface area contributed by atoms with Crippen LogP contribution in [0.4, 0.5) is 0 Å². The van der Waals surface area contributed by atoms with Crippen LogP contribution in [0.2, 0.25) is 5.02 Å². The Bertz CT molecular complexity index is 1020. The van der Waals surface area contributed by atoms with E-state index < -0.39 is 0 Å². The number of para-hydroxylation sites is 1. The van der Waals surface area contributed by atoms with E-state index in [4.69, 9.17) is 11.6 Å². The lowest BCUT2D eigenvalue weighted by atomic mass is 10.1. The van der Waals surface area contributed by atoms with Crippen molar-refractivity contribution < 1.29 is 0 Å². The molecule has 0 unspecified atom stereocenters. The summed E-state index contributed by atoms with van der Waals surface area (Å²) in [6, 6.07) is 17.1. The Morgan fingerprint density at radius 2 is 1.81 bits per heavy atom. The van der Waals surface area contributed by atoms with Gasteiger partial charge in [0.1, 0.15) is 0 Å². The molecule has 0 atom stereocenters. The molecular weight excluding hydrogens is 304 g/mol. The van der Waals surface area contributed by atoms with Crippen LogP contribution in [0, 0.1) is 0 Å². The predicted molar refractivity (Wildman–Crippen MR) is 87.3 cm³/mol. The summed E-state index contributed by atoms with van der Waals surface area (Å²) in [6.45, 7) is 0. The Kier molecular flexibility index (Phi) is 2.80. The van der Waals surface area contributed by atoms with Crippen LogP contribution in [0.1, 0.15) is 0 Å². The van der Waals surface area contributed by atoms with Crippen LogP contribution in [0.25, 0.3) is 26.4 Å². The van der Waals surface area contributed by atoms with Crippen LogP contribution < -0.4 is 5.56 Å². The molecule has 2 heterocycles. The average Bonchev–Trinajstić information content (AvgIpc) is 2.85. The van der Waals surface area contributed by atoms with Crippen LogP contribution in [0.3, 0.4) is 0 Å². The summed E-state index contributed by atoms with van der Waals surface area (Å²) >= 11 is 7.46. The van der Waals surface area contributed by atoms with Gasteiger partial charge in [0.15, 0.2) is 4.96 Å². The molecule has 4 rings (SSSR count). The minimum atomic E-state index is -0.230. The molecular formula is C16H9ClN2OS. The standard InChI is InChI=1S/C16H9ClN2OS/c17-11-7-5-10(6-8-11)13-9-15(20)18-16-19(13)12-3-1-2-4-14(12)21-16/h1-9H. The van der Waals surface area contributed by atoms with Crippen molar-refractivity contribution in [3.8, 4) is 11.3 Å². The lowest BCUT2D eigenvalue weighted by Gasteiger charge is -2.06. The van der Waals surface area contributed by atoms with Gasteiger partial charge in [-0.3, -0.25) is 9.20 Å². The molecule has 2 aromatic carbocycles. The minimum Gasteiger partial charge on any atom is -0.284 e. The van der Waals surface area contributed by atoms with E-state index in [-0.39, 0.29) is 5.56 Å². The molecule has 4 aromatic rings. The molecule has 2 aromatic heterocycles. The molecule has 21 heavy (non-hydrogen) atoms. The summed E-state index contributed by atoms with van der Waals surface area (Å²) in [5.41, 5.74) is 2.60. The van der Waals surface area contributed by atoms with Gasteiger partial charge in [-0.05, 0) is 29.8 Å². The van der Waals surface area contributed by atoms with Gasteiger partial charge in [0.2, 0.25) is 0 Å². The van der Waals surface area contributed by atoms with E-state index in [1.54, 1.807) is 6.07 Å². The topological polar surface area (TPSA) is 34.4 Å². The molecule has 0 aliphatic heterocycles. The van der Waals surface area contributed by atoms with E-state index in [0.29, 0.717) is 9.98 Å². The second kappa shape index (κ2) is 4.69. The van der Waals surface area contributed by atoms with Gasteiger partial charge in [0, 0.05) is 11.1 Å². The van der Waals surface area contributed by atoms with Gasteiger partial charge in [-0.15, -0.1) is 0 Å². The van der Waals surface area contributed by atoms with E-state index >= 15 is 0 Å². The van der Waals surface area contributed by atoms with Crippen molar-refractivity contribution in [1.29, 1.82) is 0 Å². The number of thiazole rings is 1. The molecule has 0 spiro atoms. The zero-order valence-corrected chi connectivity index (χ0v) is 12.4. The van der Waals surface area contributed by atoms with E-state index in [1.807, 2.05) is 52.9 Å². The highest BCUT2D eigenvalue weighted by Crippen LogP contribution is 2.29. The lowest BCUT2D eigenvalue weighted by Crippen LogP contribution is -2.08. The fraction of sp³-hybridized carbons (Fsp3) is 0. The monoisotopic (exact) mass is 312 g/mol. The van der Waals surface area contributed by atoms with E-state index in [0.717, 1.165) is 21.5 Å². The fourth-order valence-electron chi connectivity index (χ4n) is 2.42. The average molecular weight is 313 g/mol. The summed E-state index contributed by atoms with van der Waals surface area (Å²) in [5, 5.41) is 0.673. The summed E-state index contributed by atoms with van der Waals surface area (Å²) < 4.78 is 3.12. The number of hydrogen-bond donors (Lipinski definition) is 0. The van der Waals surface area contributed by atoms with Crippen molar-refractivity contribution in [3.05, 3.63) is 70.0 Å². The summed E-state index contributed by atoms with van der Waals surface area (Å²) in [5.74, 6) is 0. The largest absolute Gasteiger partial charge is 0.284 e. The van der Waals surface area contributed by atoms with E-state index in [9.17, 15) is 4.79 Å². The van der Waals surface area contributed by atoms with Crippen molar-refractivity contribution in [2.24, 2.45) is 0 Å². The number of halogens is 1. The summed E-state index contributed by atoms with van der Waals surface area (Å²) in [7, 11) is 0. The van der Waals surface area contributed by atoms with Crippen molar-refractivity contribution in [2.45, 2.75) is 0 Å². The van der Waals surface area contributed by atoms with Crippen LogP contribution in [-0.2, 0) is 0 Å². The molecule has 0 aliphatic rings. The molecule has 0 saturated carbocycles. The maximum atomic E-state index is 11.9. The third kappa shape index (κ3) is 2.04. The number of nitrogens with zero attached hydrogens (tertiary/aromatic N) is 2. The molecule has 5 heteroatoms. The number of rotatable bonds is 1. The van der Waals surface area contributed by atoms with Crippen molar-refractivity contribution in [3.63, 3.8) is 0 Å². The highest BCUT2D eigenvalue weighted by Gasteiger charge is 2.11. The van der Waals surface area contributed by atoms with Gasteiger partial charge < -0.3 is 0 Å². The quantitative estimate of drug-likeness (QED) is 0.527. The second-order valence-electron chi connectivity index (χ2n) is 4.67. The second-order valence-corrected chi connectivity index (χ2v) is 6.12. The van der Waals surface area contributed by atoms with Gasteiger partial charge in [-0.1, -0.05) is 47.2 Å². The molecule has 0 fully saturated rings. The fourth-order valence-corrected chi connectivity index (χ4v) is 3.58. The first-order valence-corrected chi connectivity index (χ1v) is 7.59. The summed E-state index contributed by atoms with van der Waals surface area (Å²) in [6.07, 6.45) is 0. The third-order valence-electron chi connectivity index (χ3n) is 3.35. The van der Waals surface area contributed by atoms with E-state index in [2.05, 4.69) is 4.98 Å². The Hall–Kier alpha value is -2.17. The molecule has 0 N–H and O–H groups in total. The maximum absolute atomic E-state index is 11.9. The van der Waals surface area contributed by atoms with Crippen LogP contribution in [-0.4, -0.2) is 9.38 Å². The SMILES string of the molecule is O=c1cc(-c2ccc(Cl)cc2)n2c(n1)sc1ccccc12. The molecule has 0 radical (unpaired) electrons. The van der Waals surface area contributed by atoms with Crippen LogP contribution >= 0.6 is 22.9 Å². The van der Waals surface area contributed by atoms with Gasteiger partial charge in [-0.25, -0.2) is 0 Å². The predicted octanol–water partition coefficient (Wildman–Crippen LogP) is 4.23. The van der Waals surface area contributed by atoms with Crippen LogP contribution in [0.5, 0.6) is 0 Å². The maximum Gasteiger partial charge on any atom is 0.274 e. The first kappa shape index (κ1) is 12.6. The minimum absolute atomic E-state index is 0.230. The van der Waals surface area contributed by atoms with Crippen molar-refractivity contribution >= 4 is 38.1 Å². The Morgan fingerprint density at radius 3 is 2.62 bits per heavy atom. The number of aromatic nitrogens is 2. The summed E-state index contributed by atoms with van der Waals surface area (Å²) in [4.78, 5) is 16.7. The molecule has 0 bridgehead atoms. The normalized spacial score (nSPS) is 11.3. The number of benzene rings is 2.